The van der Waals surface area contributed by atoms with Crippen molar-refractivity contribution in [3.63, 3.8) is 0 Å². The van der Waals surface area contributed by atoms with Crippen LogP contribution in [-0.2, 0) is 10.0 Å². The van der Waals surface area contributed by atoms with Gasteiger partial charge in [-0.15, -0.1) is 0 Å². The molecule has 0 amide bonds. The van der Waals surface area contributed by atoms with Crippen molar-refractivity contribution in [2.24, 2.45) is 17.8 Å². The summed E-state index contributed by atoms with van der Waals surface area (Å²) >= 11 is 0. The van der Waals surface area contributed by atoms with Crippen molar-refractivity contribution in [2.45, 2.75) is 44.4 Å². The molecule has 2 fully saturated rings. The van der Waals surface area contributed by atoms with Gasteiger partial charge in [-0.05, 0) is 80.5 Å². The molecule has 0 radical (unpaired) electrons. The molecule has 1 aromatic rings. The molecule has 0 bridgehead atoms. The van der Waals surface area contributed by atoms with E-state index in [1.165, 1.54) is 37.8 Å². The van der Waals surface area contributed by atoms with Gasteiger partial charge in [0, 0.05) is 6.54 Å². The second-order valence-electron chi connectivity index (χ2n) is 6.56. The molecule has 0 aromatic heterocycles. The van der Waals surface area contributed by atoms with Crippen molar-refractivity contribution >= 4 is 10.0 Å². The molecule has 0 aliphatic heterocycles. The Kier molecular flexibility index (Phi) is 3.82. The van der Waals surface area contributed by atoms with Gasteiger partial charge in [-0.2, -0.15) is 0 Å². The largest absolute Gasteiger partial charge is 0.241 e. The lowest BCUT2D eigenvalue weighted by molar-refractivity contribution is 0.401. The topological polar surface area (TPSA) is 46.2 Å². The molecular weight excluding hydrogens is 289 g/mol. The molecule has 0 spiro atoms. The molecule has 3 nitrogen and oxygen atoms in total. The van der Waals surface area contributed by atoms with Crippen LogP contribution in [0.4, 0.5) is 4.39 Å². The first-order valence-electron chi connectivity index (χ1n) is 7.65. The molecule has 0 saturated heterocycles. The third kappa shape index (κ3) is 3.29. The van der Waals surface area contributed by atoms with E-state index in [1.54, 1.807) is 13.8 Å². The van der Waals surface area contributed by atoms with E-state index in [2.05, 4.69) is 4.72 Å². The fraction of sp³-hybridized carbons (Fsp3) is 0.625. The van der Waals surface area contributed by atoms with Gasteiger partial charge in [0.05, 0.1) is 4.90 Å². The summed E-state index contributed by atoms with van der Waals surface area (Å²) < 4.78 is 41.2. The van der Waals surface area contributed by atoms with Gasteiger partial charge in [-0.1, -0.05) is 0 Å². The molecule has 0 heterocycles. The van der Waals surface area contributed by atoms with Crippen LogP contribution in [0.1, 0.15) is 36.8 Å². The molecule has 0 atom stereocenters. The van der Waals surface area contributed by atoms with Crippen LogP contribution in [0.5, 0.6) is 0 Å². The van der Waals surface area contributed by atoms with Gasteiger partial charge >= 0.3 is 0 Å². The normalized spacial score (nSPS) is 19.2. The van der Waals surface area contributed by atoms with Gasteiger partial charge in [0.25, 0.3) is 0 Å². The highest BCUT2D eigenvalue weighted by atomic mass is 32.2. The van der Waals surface area contributed by atoms with Crippen LogP contribution in [0.3, 0.4) is 0 Å². The minimum atomic E-state index is -3.56. The van der Waals surface area contributed by atoms with Crippen molar-refractivity contribution < 1.29 is 12.8 Å². The maximum Gasteiger partial charge on any atom is 0.241 e. The van der Waals surface area contributed by atoms with E-state index in [0.717, 1.165) is 0 Å². The summed E-state index contributed by atoms with van der Waals surface area (Å²) in [5.74, 6) is 1.50. The van der Waals surface area contributed by atoms with Gasteiger partial charge in [0.1, 0.15) is 5.82 Å². The van der Waals surface area contributed by atoms with Crippen molar-refractivity contribution in [2.75, 3.05) is 6.54 Å². The maximum absolute atomic E-state index is 13.3. The van der Waals surface area contributed by atoms with Crippen LogP contribution in [0.2, 0.25) is 0 Å². The fourth-order valence-electron chi connectivity index (χ4n) is 3.37. The van der Waals surface area contributed by atoms with E-state index in [9.17, 15) is 12.8 Å². The van der Waals surface area contributed by atoms with Crippen LogP contribution in [0, 0.1) is 37.4 Å². The molecule has 2 aliphatic rings. The summed E-state index contributed by atoms with van der Waals surface area (Å²) in [6, 6.07) is 2.56. The second-order valence-corrected chi connectivity index (χ2v) is 8.26. The van der Waals surface area contributed by atoms with Gasteiger partial charge in [-0.3, -0.25) is 0 Å². The lowest BCUT2D eigenvalue weighted by Crippen LogP contribution is -2.32. The summed E-state index contributed by atoms with van der Waals surface area (Å²) in [4.78, 5) is 0.231. The minimum absolute atomic E-state index is 0.231. The van der Waals surface area contributed by atoms with Gasteiger partial charge in [-0.25, -0.2) is 17.5 Å². The van der Waals surface area contributed by atoms with E-state index in [-0.39, 0.29) is 4.90 Å². The van der Waals surface area contributed by atoms with E-state index < -0.39 is 15.8 Å². The van der Waals surface area contributed by atoms with E-state index >= 15 is 0 Å². The van der Waals surface area contributed by atoms with Crippen molar-refractivity contribution in [1.82, 2.24) is 4.72 Å². The van der Waals surface area contributed by atoms with Gasteiger partial charge in [0.15, 0.2) is 0 Å². The van der Waals surface area contributed by atoms with Crippen molar-refractivity contribution in [3.05, 3.63) is 29.1 Å². The average Bonchev–Trinajstić information content (AvgIpc) is 3.22. The van der Waals surface area contributed by atoms with Crippen LogP contribution in [0.15, 0.2) is 17.0 Å². The lowest BCUT2D eigenvalue weighted by Gasteiger charge is -2.18. The fourth-order valence-corrected chi connectivity index (χ4v) is 4.89. The molecule has 21 heavy (non-hydrogen) atoms. The monoisotopic (exact) mass is 311 g/mol. The Morgan fingerprint density at radius 3 is 2.05 bits per heavy atom. The average molecular weight is 311 g/mol. The lowest BCUT2D eigenvalue weighted by atomic mass is 9.99. The van der Waals surface area contributed by atoms with Crippen LogP contribution >= 0.6 is 0 Å². The summed E-state index contributed by atoms with van der Waals surface area (Å²) in [5, 5.41) is 0. The first-order valence-corrected chi connectivity index (χ1v) is 9.13. The summed E-state index contributed by atoms with van der Waals surface area (Å²) in [6.45, 7) is 3.81. The number of nitrogens with one attached hydrogen (secondary N) is 1. The quantitative estimate of drug-likeness (QED) is 0.877. The zero-order valence-electron chi connectivity index (χ0n) is 12.5. The molecule has 5 heteroatoms. The van der Waals surface area contributed by atoms with Crippen molar-refractivity contribution in [3.8, 4) is 0 Å². The highest BCUT2D eigenvalue weighted by Crippen LogP contribution is 2.48. The molecule has 2 saturated carbocycles. The van der Waals surface area contributed by atoms with Gasteiger partial charge < -0.3 is 0 Å². The van der Waals surface area contributed by atoms with Crippen LogP contribution in [0.25, 0.3) is 0 Å². The SMILES string of the molecule is Cc1cc(F)cc(C)c1S(=O)(=O)NCC(C1CC1)C1CC1. The smallest absolute Gasteiger partial charge is 0.211 e. The van der Waals surface area contributed by atoms with E-state index in [4.69, 9.17) is 0 Å². The summed E-state index contributed by atoms with van der Waals surface area (Å²) in [6.07, 6.45) is 4.93. The summed E-state index contributed by atoms with van der Waals surface area (Å²) in [5.41, 5.74) is 0.934. The Morgan fingerprint density at radius 2 is 1.62 bits per heavy atom. The third-order valence-electron chi connectivity index (χ3n) is 4.66. The number of halogens is 1. The van der Waals surface area contributed by atoms with E-state index in [1.807, 2.05) is 0 Å². The van der Waals surface area contributed by atoms with E-state index in [0.29, 0.717) is 35.4 Å². The standard InChI is InChI=1S/C16H22FNO2S/c1-10-7-14(17)8-11(2)16(10)21(19,20)18-9-15(12-3-4-12)13-5-6-13/h7-8,12-13,15,18H,3-6,9H2,1-2H3. The Bertz CT molecular complexity index is 613. The Labute approximate surface area is 126 Å². The second kappa shape index (κ2) is 5.36. The highest BCUT2D eigenvalue weighted by molar-refractivity contribution is 7.89. The molecule has 1 aromatic carbocycles. The maximum atomic E-state index is 13.3. The molecular formula is C16H22FNO2S. The first-order chi connectivity index (χ1) is 9.88. The predicted octanol–water partition coefficient (Wildman–Crippen LogP) is 3.16. The molecule has 2 aliphatic carbocycles. The number of sulfonamides is 1. The Balaban J connectivity index is 1.77. The zero-order valence-corrected chi connectivity index (χ0v) is 13.3. The number of rotatable bonds is 6. The first kappa shape index (κ1) is 15.0. The number of aryl methyl sites for hydroxylation is 2. The van der Waals surface area contributed by atoms with Crippen LogP contribution < -0.4 is 4.72 Å². The molecule has 0 unspecified atom stereocenters. The number of hydrogen-bond donors (Lipinski definition) is 1. The highest BCUT2D eigenvalue weighted by Gasteiger charge is 2.41. The number of benzene rings is 1. The minimum Gasteiger partial charge on any atom is -0.211 e. The van der Waals surface area contributed by atoms with Crippen LogP contribution in [-0.4, -0.2) is 15.0 Å². The summed E-state index contributed by atoms with van der Waals surface area (Å²) in [7, 11) is -3.56. The van der Waals surface area contributed by atoms with Crippen molar-refractivity contribution in [1.29, 1.82) is 0 Å². The molecule has 116 valence electrons. The number of hydrogen-bond acceptors (Lipinski definition) is 2. The zero-order chi connectivity index (χ0) is 15.2. The molecule has 1 N–H and O–H groups in total. The van der Waals surface area contributed by atoms with Gasteiger partial charge in [0.2, 0.25) is 10.0 Å². The third-order valence-corrected chi connectivity index (χ3v) is 6.39. The predicted molar refractivity (Wildman–Crippen MR) is 80.0 cm³/mol. The Hall–Kier alpha value is -0.940. The Morgan fingerprint density at radius 1 is 1.14 bits per heavy atom. The molecule has 3 rings (SSSR count).